The molecule has 2 aromatic heterocycles. The number of tetrazole rings is 1. The highest BCUT2D eigenvalue weighted by atomic mass is 16.5. The maximum Gasteiger partial charge on any atom is 0.374 e. The Labute approximate surface area is 203 Å². The molecule has 1 unspecified atom stereocenters. The van der Waals surface area contributed by atoms with Gasteiger partial charge in [0.25, 0.3) is 0 Å². The first kappa shape index (κ1) is 22.5. The van der Waals surface area contributed by atoms with Crippen molar-refractivity contribution in [1.82, 2.24) is 25.2 Å². The van der Waals surface area contributed by atoms with E-state index in [0.29, 0.717) is 19.0 Å². The predicted molar refractivity (Wildman–Crippen MR) is 134 cm³/mol. The summed E-state index contributed by atoms with van der Waals surface area (Å²) in [6.07, 6.45) is 0.868. The molecule has 9 heteroatoms. The molecule has 1 aliphatic heterocycles. The van der Waals surface area contributed by atoms with Gasteiger partial charge >= 0.3 is 5.97 Å². The molecule has 2 aromatic carbocycles. The summed E-state index contributed by atoms with van der Waals surface area (Å²) >= 11 is 0. The molecule has 0 radical (unpaired) electrons. The lowest BCUT2D eigenvalue weighted by Gasteiger charge is -2.22. The standard InChI is InChI=1S/C26H27N7O2/c1-4-19-14-22-16(3)27-24(26(34)35-5-2)28-25(22)33(19)15-17-10-12-18(13-11-17)20-8-6-7-9-21(20)23-29-31-32-30-23/h6-14,16H,4-5,15H2,1-3H3,(H,27,28)(H,29,30,31,32). The van der Waals surface area contributed by atoms with E-state index in [9.17, 15) is 4.79 Å². The van der Waals surface area contributed by atoms with E-state index in [0.717, 1.165) is 40.1 Å². The zero-order chi connectivity index (χ0) is 24.4. The fourth-order valence-electron chi connectivity index (χ4n) is 4.45. The highest BCUT2D eigenvalue weighted by Crippen LogP contribution is 2.35. The molecule has 0 amide bonds. The largest absolute Gasteiger partial charge is 0.460 e. The number of anilines is 1. The number of aromatic amines is 1. The van der Waals surface area contributed by atoms with Gasteiger partial charge in [-0.15, -0.1) is 5.10 Å². The summed E-state index contributed by atoms with van der Waals surface area (Å²) in [7, 11) is 0. The second-order valence-electron chi connectivity index (χ2n) is 8.37. The number of esters is 1. The lowest BCUT2D eigenvalue weighted by molar-refractivity contribution is -0.135. The van der Waals surface area contributed by atoms with E-state index in [4.69, 9.17) is 4.74 Å². The first-order valence-corrected chi connectivity index (χ1v) is 11.8. The number of amidine groups is 1. The number of aryl methyl sites for hydroxylation is 1. The molecule has 2 N–H and O–H groups in total. The fraction of sp³-hybridized carbons (Fsp3) is 0.269. The van der Waals surface area contributed by atoms with Gasteiger partial charge in [-0.1, -0.05) is 55.5 Å². The molecule has 0 saturated carbocycles. The van der Waals surface area contributed by atoms with Gasteiger partial charge in [-0.3, -0.25) is 4.99 Å². The van der Waals surface area contributed by atoms with Crippen LogP contribution in [0.5, 0.6) is 0 Å². The van der Waals surface area contributed by atoms with Gasteiger partial charge in [0.15, 0.2) is 5.82 Å². The molecule has 0 bridgehead atoms. The van der Waals surface area contributed by atoms with Crippen LogP contribution in [0, 0.1) is 0 Å². The quantitative estimate of drug-likeness (QED) is 0.388. The van der Waals surface area contributed by atoms with Crippen LogP contribution in [-0.2, 0) is 22.5 Å². The summed E-state index contributed by atoms with van der Waals surface area (Å²) in [5.41, 5.74) is 6.49. The number of H-pyrrole nitrogens is 1. The lowest BCUT2D eigenvalue weighted by atomic mass is 9.98. The Bertz CT molecular complexity index is 1370. The molecular formula is C26H27N7O2. The number of rotatable bonds is 7. The lowest BCUT2D eigenvalue weighted by Crippen LogP contribution is -2.30. The number of fused-ring (bicyclic) bond motifs is 1. The average Bonchev–Trinajstić information content (AvgIpc) is 3.54. The predicted octanol–water partition coefficient (Wildman–Crippen LogP) is 4.39. The van der Waals surface area contributed by atoms with Gasteiger partial charge in [-0.05, 0) is 53.5 Å². The van der Waals surface area contributed by atoms with Gasteiger partial charge in [0, 0.05) is 23.4 Å². The van der Waals surface area contributed by atoms with Crippen molar-refractivity contribution in [3.05, 3.63) is 71.4 Å². The number of aromatic nitrogens is 5. The van der Waals surface area contributed by atoms with Crippen LogP contribution in [0.4, 0.5) is 5.82 Å². The van der Waals surface area contributed by atoms with Crippen LogP contribution in [-0.4, -0.2) is 43.6 Å². The molecule has 4 aromatic rings. The number of benzene rings is 2. The Morgan fingerprint density at radius 1 is 1.09 bits per heavy atom. The van der Waals surface area contributed by atoms with E-state index < -0.39 is 5.97 Å². The van der Waals surface area contributed by atoms with E-state index in [2.05, 4.69) is 78.8 Å². The van der Waals surface area contributed by atoms with Crippen molar-refractivity contribution in [2.75, 3.05) is 11.9 Å². The summed E-state index contributed by atoms with van der Waals surface area (Å²) < 4.78 is 7.40. The number of carbonyl (C=O) groups is 1. The molecule has 1 atom stereocenters. The summed E-state index contributed by atoms with van der Waals surface area (Å²) in [5.74, 6) is 1.36. The second-order valence-corrected chi connectivity index (χ2v) is 8.37. The number of carbonyl (C=O) groups excluding carboxylic acids is 1. The Morgan fingerprint density at radius 3 is 2.54 bits per heavy atom. The van der Waals surface area contributed by atoms with Gasteiger partial charge in [0.2, 0.25) is 5.84 Å². The smallest absolute Gasteiger partial charge is 0.374 e. The van der Waals surface area contributed by atoms with Gasteiger partial charge in [-0.2, -0.15) is 0 Å². The SMILES string of the molecule is CCOC(=O)C1=NC(C)c2cc(CC)n(Cc3ccc(-c4ccccc4-c4nnn[nH]4)cc3)c2N1. The first-order chi connectivity index (χ1) is 17.1. The minimum atomic E-state index is -0.430. The van der Waals surface area contributed by atoms with E-state index in [-0.39, 0.29) is 11.9 Å². The molecule has 1 aliphatic rings. The maximum atomic E-state index is 12.3. The summed E-state index contributed by atoms with van der Waals surface area (Å²) in [6.45, 7) is 6.90. The highest BCUT2D eigenvalue weighted by molar-refractivity contribution is 6.40. The molecule has 9 nitrogen and oxygen atoms in total. The van der Waals surface area contributed by atoms with E-state index in [1.807, 2.05) is 25.1 Å². The van der Waals surface area contributed by atoms with Crippen LogP contribution in [0.3, 0.4) is 0 Å². The molecule has 0 saturated heterocycles. The molecule has 5 rings (SSSR count). The molecule has 0 aliphatic carbocycles. The van der Waals surface area contributed by atoms with Gasteiger partial charge in [0.05, 0.1) is 12.6 Å². The number of ether oxygens (including phenoxy) is 1. The summed E-state index contributed by atoms with van der Waals surface area (Å²) in [6, 6.07) is 18.6. The van der Waals surface area contributed by atoms with Crippen LogP contribution in [0.1, 0.15) is 43.6 Å². The van der Waals surface area contributed by atoms with Gasteiger partial charge < -0.3 is 14.6 Å². The van der Waals surface area contributed by atoms with Crippen molar-refractivity contribution < 1.29 is 9.53 Å². The van der Waals surface area contributed by atoms with Crippen LogP contribution >= 0.6 is 0 Å². The topological polar surface area (TPSA) is 110 Å². The molecule has 3 heterocycles. The van der Waals surface area contributed by atoms with Crippen LogP contribution in [0.25, 0.3) is 22.5 Å². The summed E-state index contributed by atoms with van der Waals surface area (Å²) in [4.78, 5) is 16.9. The fourth-order valence-corrected chi connectivity index (χ4v) is 4.45. The van der Waals surface area contributed by atoms with E-state index in [1.54, 1.807) is 6.92 Å². The number of hydrogen-bond donors (Lipinski definition) is 2. The van der Waals surface area contributed by atoms with Crippen molar-refractivity contribution >= 4 is 17.6 Å². The highest BCUT2D eigenvalue weighted by Gasteiger charge is 2.27. The molecular weight excluding hydrogens is 442 g/mol. The normalized spacial score (nSPS) is 14.7. The van der Waals surface area contributed by atoms with Crippen molar-refractivity contribution in [3.63, 3.8) is 0 Å². The first-order valence-electron chi connectivity index (χ1n) is 11.8. The molecule has 0 fully saturated rings. The third kappa shape index (κ3) is 4.32. The Balaban J connectivity index is 1.44. The monoisotopic (exact) mass is 469 g/mol. The minimum absolute atomic E-state index is 0.123. The number of hydrogen-bond acceptors (Lipinski definition) is 7. The number of nitrogens with zero attached hydrogens (tertiary/aromatic N) is 5. The second kappa shape index (κ2) is 9.54. The Morgan fingerprint density at radius 2 is 1.86 bits per heavy atom. The van der Waals surface area contributed by atoms with Gasteiger partial charge in [0.1, 0.15) is 5.82 Å². The van der Waals surface area contributed by atoms with Crippen LogP contribution in [0.2, 0.25) is 0 Å². The Hall–Kier alpha value is -4.27. The van der Waals surface area contributed by atoms with E-state index in [1.165, 1.54) is 5.69 Å². The average molecular weight is 470 g/mol. The zero-order valence-corrected chi connectivity index (χ0v) is 19.9. The number of aliphatic imine (C=N–C) groups is 1. The molecule has 178 valence electrons. The third-order valence-corrected chi connectivity index (χ3v) is 6.19. The van der Waals surface area contributed by atoms with Crippen molar-refractivity contribution in [3.8, 4) is 22.5 Å². The maximum absolute atomic E-state index is 12.3. The van der Waals surface area contributed by atoms with Crippen molar-refractivity contribution in [2.24, 2.45) is 4.99 Å². The number of nitrogens with one attached hydrogen (secondary N) is 2. The minimum Gasteiger partial charge on any atom is -0.460 e. The van der Waals surface area contributed by atoms with Crippen LogP contribution in [0.15, 0.2) is 59.6 Å². The van der Waals surface area contributed by atoms with Gasteiger partial charge in [-0.25, -0.2) is 9.89 Å². The van der Waals surface area contributed by atoms with E-state index >= 15 is 0 Å². The zero-order valence-electron chi connectivity index (χ0n) is 19.9. The van der Waals surface area contributed by atoms with Crippen molar-refractivity contribution in [2.45, 2.75) is 39.8 Å². The third-order valence-electron chi connectivity index (χ3n) is 6.19. The van der Waals surface area contributed by atoms with Crippen molar-refractivity contribution in [1.29, 1.82) is 0 Å². The molecule has 0 spiro atoms. The van der Waals surface area contributed by atoms with Crippen LogP contribution < -0.4 is 5.32 Å². The summed E-state index contributed by atoms with van der Waals surface area (Å²) in [5, 5.41) is 17.6. The molecule has 35 heavy (non-hydrogen) atoms. The Kier molecular flexibility index (Phi) is 6.13.